The van der Waals surface area contributed by atoms with Crippen molar-refractivity contribution >= 4 is 0 Å². The van der Waals surface area contributed by atoms with Gasteiger partial charge in [-0.2, -0.15) is 0 Å². The summed E-state index contributed by atoms with van der Waals surface area (Å²) in [4.78, 5) is 0. The van der Waals surface area contributed by atoms with Crippen LogP contribution in [-0.2, 0) is 6.42 Å². The lowest BCUT2D eigenvalue weighted by molar-refractivity contribution is 0.177. The van der Waals surface area contributed by atoms with Crippen molar-refractivity contribution in [3.05, 3.63) is 60.7 Å². The quantitative estimate of drug-likeness (QED) is 0.431. The Morgan fingerprint density at radius 3 is 2.56 bits per heavy atom. The van der Waals surface area contributed by atoms with E-state index >= 15 is 0 Å². The molecule has 1 fully saturated rings. The molecule has 0 radical (unpaired) electrons. The fraction of sp³-hybridized carbons (Fsp3) is 0.600. The van der Waals surface area contributed by atoms with E-state index in [1.807, 2.05) is 0 Å². The third-order valence-electron chi connectivity index (χ3n) is 6.19. The lowest BCUT2D eigenvalue weighted by atomic mass is 9.69. The highest BCUT2D eigenvalue weighted by molar-refractivity contribution is 5.19. The molecule has 1 saturated carbocycles. The predicted octanol–water partition coefficient (Wildman–Crippen LogP) is 7.47. The van der Waals surface area contributed by atoms with Crippen LogP contribution in [0.15, 0.2) is 55.1 Å². The molecule has 0 amide bonds. The monoisotopic (exact) mass is 338 g/mol. The average Bonchev–Trinajstić information content (AvgIpc) is 2.59. The van der Waals surface area contributed by atoms with Gasteiger partial charge in [0.05, 0.1) is 0 Å². The Bertz CT molecular complexity index is 538. The molecule has 1 aromatic carbocycles. The third-order valence-corrected chi connectivity index (χ3v) is 6.19. The highest BCUT2D eigenvalue weighted by Crippen LogP contribution is 2.40. The van der Waals surface area contributed by atoms with E-state index in [1.54, 1.807) is 0 Å². The first kappa shape index (κ1) is 20.0. The zero-order chi connectivity index (χ0) is 18.3. The van der Waals surface area contributed by atoms with Gasteiger partial charge >= 0.3 is 0 Å². The minimum atomic E-state index is 0.220. The van der Waals surface area contributed by atoms with Crippen LogP contribution in [0.25, 0.3) is 0 Å². The molecule has 25 heavy (non-hydrogen) atoms. The van der Waals surface area contributed by atoms with Crippen LogP contribution in [0.3, 0.4) is 0 Å². The van der Waals surface area contributed by atoms with Crippen LogP contribution in [0.4, 0.5) is 0 Å². The summed E-state index contributed by atoms with van der Waals surface area (Å²) in [7, 11) is 0. The zero-order valence-corrected chi connectivity index (χ0v) is 16.9. The van der Waals surface area contributed by atoms with Gasteiger partial charge in [-0.15, -0.1) is 6.58 Å². The van der Waals surface area contributed by atoms with Gasteiger partial charge in [-0.25, -0.2) is 0 Å². The second-order valence-electron chi connectivity index (χ2n) is 8.99. The van der Waals surface area contributed by atoms with E-state index in [4.69, 9.17) is 0 Å². The van der Waals surface area contributed by atoms with Crippen molar-refractivity contribution < 1.29 is 0 Å². The normalized spacial score (nSPS) is 26.7. The maximum atomic E-state index is 3.94. The lowest BCUT2D eigenvalue weighted by Gasteiger charge is -2.36. The van der Waals surface area contributed by atoms with Gasteiger partial charge in [0.25, 0.3) is 0 Å². The number of hydrogen-bond donors (Lipinski definition) is 0. The molecule has 0 aromatic heterocycles. The standard InChI is InChI=1S/C25H38/c1-6-7-16-25(5,19-22-11-9-8-10-12-22)17-15-23-18-21(4)13-14-24(23)20(2)3/h6,8-12,15,17,20-21,23-24H,1,7,13-14,16,18-19H2,2-5H3/b17-15+/t21-,23-,24+,25-/m1/s1. The van der Waals surface area contributed by atoms with Gasteiger partial charge in [-0.05, 0) is 66.8 Å². The van der Waals surface area contributed by atoms with Gasteiger partial charge in [-0.3, -0.25) is 0 Å². The van der Waals surface area contributed by atoms with Crippen LogP contribution in [-0.4, -0.2) is 0 Å². The minimum Gasteiger partial charge on any atom is -0.103 e. The van der Waals surface area contributed by atoms with Crippen LogP contribution >= 0.6 is 0 Å². The zero-order valence-electron chi connectivity index (χ0n) is 16.9. The molecule has 0 nitrogen and oxygen atoms in total. The second kappa shape index (κ2) is 9.41. The van der Waals surface area contributed by atoms with Gasteiger partial charge in [-0.1, -0.05) is 82.7 Å². The van der Waals surface area contributed by atoms with Crippen molar-refractivity contribution in [2.45, 2.75) is 66.2 Å². The summed E-state index contributed by atoms with van der Waals surface area (Å²) in [6.07, 6.45) is 14.8. The highest BCUT2D eigenvalue weighted by Gasteiger charge is 2.30. The fourth-order valence-corrected chi connectivity index (χ4v) is 4.58. The van der Waals surface area contributed by atoms with Crippen molar-refractivity contribution in [1.29, 1.82) is 0 Å². The molecule has 0 N–H and O–H groups in total. The first-order valence-corrected chi connectivity index (χ1v) is 10.3. The average molecular weight is 339 g/mol. The molecular formula is C25H38. The summed E-state index contributed by atoms with van der Waals surface area (Å²) in [5, 5.41) is 0. The molecule has 1 aliphatic carbocycles. The van der Waals surface area contributed by atoms with Crippen molar-refractivity contribution in [3.63, 3.8) is 0 Å². The molecule has 138 valence electrons. The maximum absolute atomic E-state index is 3.94. The molecule has 4 atom stereocenters. The molecule has 0 unspecified atom stereocenters. The topological polar surface area (TPSA) is 0 Å². The van der Waals surface area contributed by atoms with E-state index in [0.29, 0.717) is 0 Å². The van der Waals surface area contributed by atoms with E-state index in [2.05, 4.69) is 82.8 Å². The molecule has 0 aliphatic heterocycles. The lowest BCUT2D eigenvalue weighted by Crippen LogP contribution is -2.27. The van der Waals surface area contributed by atoms with Crippen molar-refractivity contribution in [1.82, 2.24) is 0 Å². The van der Waals surface area contributed by atoms with Crippen LogP contribution in [0, 0.1) is 29.1 Å². The molecule has 2 rings (SSSR count). The first-order chi connectivity index (χ1) is 11.9. The van der Waals surface area contributed by atoms with E-state index in [9.17, 15) is 0 Å². The van der Waals surface area contributed by atoms with E-state index < -0.39 is 0 Å². The molecule has 1 aliphatic rings. The summed E-state index contributed by atoms with van der Waals surface area (Å²) >= 11 is 0. The number of allylic oxidation sites excluding steroid dienone is 3. The molecular weight excluding hydrogens is 300 g/mol. The van der Waals surface area contributed by atoms with Gasteiger partial charge in [0, 0.05) is 0 Å². The number of hydrogen-bond acceptors (Lipinski definition) is 0. The summed E-state index contributed by atoms with van der Waals surface area (Å²) in [5.74, 6) is 3.27. The Labute approximate surface area is 156 Å². The molecule has 0 bridgehead atoms. The van der Waals surface area contributed by atoms with Crippen LogP contribution < -0.4 is 0 Å². The molecule has 0 heterocycles. The van der Waals surface area contributed by atoms with Gasteiger partial charge in [0.1, 0.15) is 0 Å². The van der Waals surface area contributed by atoms with Crippen molar-refractivity contribution in [2.24, 2.45) is 29.1 Å². The summed E-state index contributed by atoms with van der Waals surface area (Å²) in [5.41, 5.74) is 1.66. The van der Waals surface area contributed by atoms with Crippen LogP contribution in [0.1, 0.15) is 65.4 Å². The molecule has 1 aromatic rings. The predicted molar refractivity (Wildman–Crippen MR) is 112 cm³/mol. The van der Waals surface area contributed by atoms with E-state index in [0.717, 1.165) is 36.5 Å². The fourth-order valence-electron chi connectivity index (χ4n) is 4.58. The molecule has 0 spiro atoms. The summed E-state index contributed by atoms with van der Waals surface area (Å²) in [6, 6.07) is 10.9. The third kappa shape index (κ3) is 6.17. The SMILES string of the molecule is C=CCC[C@](C)(/C=C/[C@@H]1C[C@H](C)CC[C@H]1C(C)C)Cc1ccccc1. The molecule has 0 heteroatoms. The van der Waals surface area contributed by atoms with Gasteiger partial charge < -0.3 is 0 Å². The first-order valence-electron chi connectivity index (χ1n) is 10.3. The Hall–Kier alpha value is -1.30. The Balaban J connectivity index is 2.15. The van der Waals surface area contributed by atoms with E-state index in [1.165, 1.54) is 31.2 Å². The largest absolute Gasteiger partial charge is 0.103 e. The minimum absolute atomic E-state index is 0.220. The van der Waals surface area contributed by atoms with Crippen LogP contribution in [0.5, 0.6) is 0 Å². The highest BCUT2D eigenvalue weighted by atomic mass is 14.3. The Morgan fingerprint density at radius 1 is 1.20 bits per heavy atom. The summed E-state index contributed by atoms with van der Waals surface area (Å²) in [6.45, 7) is 13.6. The summed E-state index contributed by atoms with van der Waals surface area (Å²) < 4.78 is 0. The Morgan fingerprint density at radius 2 is 1.92 bits per heavy atom. The second-order valence-corrected chi connectivity index (χ2v) is 8.99. The molecule has 0 saturated heterocycles. The maximum Gasteiger partial charge on any atom is -0.0103 e. The van der Waals surface area contributed by atoms with Gasteiger partial charge in [0.2, 0.25) is 0 Å². The van der Waals surface area contributed by atoms with Crippen LogP contribution in [0.2, 0.25) is 0 Å². The number of benzene rings is 1. The smallest absolute Gasteiger partial charge is 0.0103 e. The van der Waals surface area contributed by atoms with Crippen molar-refractivity contribution in [3.8, 4) is 0 Å². The van der Waals surface area contributed by atoms with E-state index in [-0.39, 0.29) is 5.41 Å². The van der Waals surface area contributed by atoms with Gasteiger partial charge in [0.15, 0.2) is 0 Å². The van der Waals surface area contributed by atoms with Crippen molar-refractivity contribution in [2.75, 3.05) is 0 Å². The Kier molecular flexibility index (Phi) is 7.54. The number of rotatable bonds is 8.